The molecule has 3 aliphatic rings. The molecule has 3 aliphatic heterocycles. The molecule has 4 atom stereocenters. The predicted octanol–water partition coefficient (Wildman–Crippen LogP) is -2.46. The van der Waals surface area contributed by atoms with Gasteiger partial charge >= 0.3 is 17.9 Å². The molecule has 3 unspecified atom stereocenters. The zero-order chi connectivity index (χ0) is 29.2. The number of hydrogen-bond donors (Lipinski definition) is 4. The molecule has 14 nitrogen and oxygen atoms in total. The number of aliphatic hydroxyl groups is 4. The monoisotopic (exact) mass is 557 g/mol. The number of imide groups is 1. The zero-order valence-electron chi connectivity index (χ0n) is 22.0. The van der Waals surface area contributed by atoms with Crippen molar-refractivity contribution < 1.29 is 63.3 Å². The maximum Gasteiger partial charge on any atom is 0.318 e. The van der Waals surface area contributed by atoms with Crippen LogP contribution < -0.4 is 0 Å². The zero-order valence-corrected chi connectivity index (χ0v) is 22.0. The Labute approximate surface area is 224 Å². The minimum Gasteiger partial charge on any atom is -0.464 e. The van der Waals surface area contributed by atoms with Gasteiger partial charge in [-0.3, -0.25) is 28.9 Å². The lowest BCUT2D eigenvalue weighted by Gasteiger charge is -2.31. The number of carbonyl (C=O) groups is 5. The summed E-state index contributed by atoms with van der Waals surface area (Å²) in [7, 11) is 0. The van der Waals surface area contributed by atoms with Crippen molar-refractivity contribution in [2.24, 2.45) is 28.1 Å². The summed E-state index contributed by atoms with van der Waals surface area (Å²) in [5.41, 5.74) is -5.14. The summed E-state index contributed by atoms with van der Waals surface area (Å²) in [4.78, 5) is 64.5. The van der Waals surface area contributed by atoms with Gasteiger partial charge in [0.1, 0.15) is 36.1 Å². The molecule has 3 heterocycles. The first-order valence-electron chi connectivity index (χ1n) is 12.4. The van der Waals surface area contributed by atoms with Crippen molar-refractivity contribution in [2.45, 2.75) is 33.0 Å². The SMILES string of the molecule is CC(CO)(CO)C(=O)OCC(C)(COC(=O)C(C)(CO)CO)C(=O)OCCN1C(=O)C2C3C=CC(O3)[C@H]2C1=O. The molecular formula is C25H35NO13. The number of carbonyl (C=O) groups excluding carboxylic acids is 5. The van der Waals surface area contributed by atoms with Gasteiger partial charge in [0.15, 0.2) is 0 Å². The highest BCUT2D eigenvalue weighted by molar-refractivity contribution is 6.06. The van der Waals surface area contributed by atoms with Crippen molar-refractivity contribution >= 4 is 29.7 Å². The summed E-state index contributed by atoms with van der Waals surface area (Å²) >= 11 is 0. The smallest absolute Gasteiger partial charge is 0.318 e. The lowest BCUT2D eigenvalue weighted by Crippen LogP contribution is -2.46. The Hall–Kier alpha value is -2.91. The number of likely N-dealkylation sites (tertiary alicyclic amines) is 1. The molecule has 2 amide bonds. The Kier molecular flexibility index (Phi) is 9.17. The van der Waals surface area contributed by atoms with Crippen LogP contribution in [0, 0.1) is 28.1 Å². The maximum absolute atomic E-state index is 13.1. The first kappa shape index (κ1) is 30.6. The summed E-state index contributed by atoms with van der Waals surface area (Å²) in [6.45, 7) is -1.25. The van der Waals surface area contributed by atoms with Crippen molar-refractivity contribution in [2.75, 3.05) is 52.8 Å². The molecule has 39 heavy (non-hydrogen) atoms. The topological polar surface area (TPSA) is 206 Å². The van der Waals surface area contributed by atoms with Gasteiger partial charge in [-0.2, -0.15) is 0 Å². The van der Waals surface area contributed by atoms with Crippen LogP contribution in [0.3, 0.4) is 0 Å². The largest absolute Gasteiger partial charge is 0.464 e. The van der Waals surface area contributed by atoms with E-state index in [0.29, 0.717) is 0 Å². The van der Waals surface area contributed by atoms with Crippen LogP contribution in [0.1, 0.15) is 20.8 Å². The van der Waals surface area contributed by atoms with E-state index in [9.17, 15) is 44.4 Å². The quantitative estimate of drug-likeness (QED) is 0.0758. The van der Waals surface area contributed by atoms with Crippen LogP contribution in [-0.2, 0) is 42.9 Å². The Morgan fingerprint density at radius 1 is 0.744 bits per heavy atom. The Morgan fingerprint density at radius 2 is 1.13 bits per heavy atom. The summed E-state index contributed by atoms with van der Waals surface area (Å²) in [5.74, 6) is -5.15. The van der Waals surface area contributed by atoms with Crippen LogP contribution in [0.2, 0.25) is 0 Å². The second-order valence-corrected chi connectivity index (χ2v) is 10.9. The van der Waals surface area contributed by atoms with E-state index in [0.717, 1.165) is 4.90 Å². The third-order valence-electron chi connectivity index (χ3n) is 7.47. The molecule has 0 spiro atoms. The van der Waals surface area contributed by atoms with Gasteiger partial charge in [0.25, 0.3) is 0 Å². The van der Waals surface area contributed by atoms with Crippen molar-refractivity contribution in [3.8, 4) is 0 Å². The molecular weight excluding hydrogens is 522 g/mol. The van der Waals surface area contributed by atoms with Gasteiger partial charge in [-0.25, -0.2) is 0 Å². The first-order valence-corrected chi connectivity index (χ1v) is 12.4. The van der Waals surface area contributed by atoms with Gasteiger partial charge in [0, 0.05) is 0 Å². The van der Waals surface area contributed by atoms with E-state index in [1.54, 1.807) is 12.2 Å². The fourth-order valence-electron chi connectivity index (χ4n) is 4.31. The third-order valence-corrected chi connectivity index (χ3v) is 7.47. The molecule has 0 saturated carbocycles. The van der Waals surface area contributed by atoms with Crippen LogP contribution in [0.5, 0.6) is 0 Å². The van der Waals surface area contributed by atoms with Gasteiger partial charge < -0.3 is 39.4 Å². The van der Waals surface area contributed by atoms with Crippen LogP contribution in [0.15, 0.2) is 12.2 Å². The molecule has 4 N–H and O–H groups in total. The average molecular weight is 558 g/mol. The minimum atomic E-state index is -1.81. The Balaban J connectivity index is 1.65. The molecule has 2 saturated heterocycles. The number of aliphatic hydroxyl groups excluding tert-OH is 4. The number of esters is 3. The predicted molar refractivity (Wildman–Crippen MR) is 127 cm³/mol. The van der Waals surface area contributed by atoms with Crippen molar-refractivity contribution in [1.82, 2.24) is 4.90 Å². The second-order valence-electron chi connectivity index (χ2n) is 10.9. The van der Waals surface area contributed by atoms with E-state index in [2.05, 4.69) is 0 Å². The summed E-state index contributed by atoms with van der Waals surface area (Å²) in [6, 6.07) is 0. The highest BCUT2D eigenvalue weighted by Gasteiger charge is 2.60. The summed E-state index contributed by atoms with van der Waals surface area (Å²) in [6.07, 6.45) is 2.55. The van der Waals surface area contributed by atoms with Crippen molar-refractivity contribution in [3.63, 3.8) is 0 Å². The van der Waals surface area contributed by atoms with Gasteiger partial charge in [-0.15, -0.1) is 0 Å². The van der Waals surface area contributed by atoms with Gasteiger partial charge in [-0.1, -0.05) is 12.2 Å². The lowest BCUT2D eigenvalue weighted by molar-refractivity contribution is -0.179. The number of amides is 2. The second kappa shape index (κ2) is 11.7. The number of hydrogen-bond acceptors (Lipinski definition) is 13. The highest BCUT2D eigenvalue weighted by atomic mass is 16.6. The van der Waals surface area contributed by atoms with E-state index in [1.807, 2.05) is 0 Å². The summed E-state index contributed by atoms with van der Waals surface area (Å²) < 4.78 is 21.2. The number of nitrogens with zero attached hydrogens (tertiary/aromatic N) is 1. The summed E-state index contributed by atoms with van der Waals surface area (Å²) in [5, 5.41) is 37.7. The molecule has 0 radical (unpaired) electrons. The maximum atomic E-state index is 13.1. The molecule has 0 aliphatic carbocycles. The van der Waals surface area contributed by atoms with E-state index in [-0.39, 0.29) is 6.54 Å². The molecule has 14 heteroatoms. The molecule has 2 fully saturated rings. The standard InChI is InChI=1S/C25H35NO13/c1-23(8-27,9-28)20(33)37-12-25(3,13-38-21(34)24(2,10-29)11-30)22(35)36-7-6-26-18(31)16-14-4-5-15(39-14)17(16)19(26)32/h4-5,14-17,27-30H,6-13H2,1-3H3/t14?,15?,16-,17?/m1/s1. The normalized spacial score (nSPS) is 24.2. The Morgan fingerprint density at radius 3 is 1.51 bits per heavy atom. The highest BCUT2D eigenvalue weighted by Crippen LogP contribution is 2.45. The fraction of sp³-hybridized carbons (Fsp3) is 0.720. The van der Waals surface area contributed by atoms with Crippen LogP contribution >= 0.6 is 0 Å². The molecule has 0 aromatic carbocycles. The van der Waals surface area contributed by atoms with Gasteiger partial charge in [-0.05, 0) is 20.8 Å². The van der Waals surface area contributed by atoms with Gasteiger partial charge in [0.05, 0.1) is 57.0 Å². The van der Waals surface area contributed by atoms with Crippen LogP contribution in [0.25, 0.3) is 0 Å². The fourth-order valence-corrected chi connectivity index (χ4v) is 4.31. The molecule has 2 bridgehead atoms. The minimum absolute atomic E-state index is 0.230. The van der Waals surface area contributed by atoms with E-state index < -0.39 is 116 Å². The van der Waals surface area contributed by atoms with Gasteiger partial charge in [0.2, 0.25) is 11.8 Å². The third kappa shape index (κ3) is 5.70. The molecule has 0 aromatic rings. The Bertz CT molecular complexity index is 951. The van der Waals surface area contributed by atoms with Crippen LogP contribution in [0.4, 0.5) is 0 Å². The van der Waals surface area contributed by atoms with Crippen molar-refractivity contribution in [3.05, 3.63) is 12.2 Å². The molecule has 3 rings (SSSR count). The number of ether oxygens (including phenoxy) is 4. The van der Waals surface area contributed by atoms with E-state index in [4.69, 9.17) is 18.9 Å². The van der Waals surface area contributed by atoms with E-state index in [1.165, 1.54) is 20.8 Å². The number of rotatable bonds is 14. The first-order chi connectivity index (χ1) is 18.3. The van der Waals surface area contributed by atoms with Crippen LogP contribution in [-0.4, -0.2) is 120 Å². The van der Waals surface area contributed by atoms with E-state index >= 15 is 0 Å². The molecule has 218 valence electrons. The molecule has 0 aromatic heterocycles. The lowest BCUT2D eigenvalue weighted by atomic mass is 9.85. The number of fused-ring (bicyclic) bond motifs is 5. The van der Waals surface area contributed by atoms with Crippen molar-refractivity contribution in [1.29, 1.82) is 0 Å². The average Bonchev–Trinajstić information content (AvgIpc) is 3.63.